The van der Waals surface area contributed by atoms with Crippen LogP contribution in [0.1, 0.15) is 11.1 Å². The molecular formula is C14H14N2O3. The Morgan fingerprint density at radius 3 is 3.00 bits per heavy atom. The third-order valence-corrected chi connectivity index (χ3v) is 2.61. The fraction of sp³-hybridized carbons (Fsp3) is 0.143. The maximum atomic E-state index is 10.5. The van der Waals surface area contributed by atoms with Gasteiger partial charge < -0.3 is 9.84 Å². The first-order valence-electron chi connectivity index (χ1n) is 5.74. The lowest BCUT2D eigenvalue weighted by Crippen LogP contribution is -2.02. The van der Waals surface area contributed by atoms with Gasteiger partial charge in [-0.1, -0.05) is 6.07 Å². The van der Waals surface area contributed by atoms with E-state index in [9.17, 15) is 4.79 Å². The maximum Gasteiger partial charge on any atom is 0.328 e. The predicted molar refractivity (Wildman–Crippen MR) is 71.0 cm³/mol. The zero-order valence-corrected chi connectivity index (χ0v) is 10.5. The van der Waals surface area contributed by atoms with E-state index in [0.29, 0.717) is 6.54 Å². The Balaban J connectivity index is 2.28. The van der Waals surface area contributed by atoms with Crippen molar-refractivity contribution >= 4 is 12.0 Å². The largest absolute Gasteiger partial charge is 0.496 e. The summed E-state index contributed by atoms with van der Waals surface area (Å²) in [5.74, 6) is -0.215. The lowest BCUT2D eigenvalue weighted by atomic mass is 10.1. The Morgan fingerprint density at radius 1 is 1.53 bits per heavy atom. The number of aliphatic carboxylic acids is 1. The number of carbonyl (C=O) groups is 1. The first kappa shape index (κ1) is 12.9. The van der Waals surface area contributed by atoms with E-state index in [4.69, 9.17) is 9.84 Å². The van der Waals surface area contributed by atoms with E-state index in [0.717, 1.165) is 23.0 Å². The molecule has 0 aliphatic carbocycles. The van der Waals surface area contributed by atoms with Crippen LogP contribution in [-0.2, 0) is 11.3 Å². The van der Waals surface area contributed by atoms with E-state index >= 15 is 0 Å². The molecule has 0 bridgehead atoms. The number of aromatic nitrogens is 2. The number of benzene rings is 1. The average molecular weight is 258 g/mol. The zero-order valence-electron chi connectivity index (χ0n) is 10.5. The summed E-state index contributed by atoms with van der Waals surface area (Å²) in [7, 11) is 1.61. The van der Waals surface area contributed by atoms with E-state index in [2.05, 4.69) is 5.10 Å². The smallest absolute Gasteiger partial charge is 0.328 e. The molecule has 1 aromatic heterocycles. The normalized spacial score (nSPS) is 10.8. The molecule has 0 aliphatic heterocycles. The number of hydrogen-bond donors (Lipinski definition) is 1. The summed E-state index contributed by atoms with van der Waals surface area (Å²) in [6.45, 7) is 0.574. The second-order valence-corrected chi connectivity index (χ2v) is 3.95. The van der Waals surface area contributed by atoms with E-state index in [1.54, 1.807) is 24.1 Å². The second-order valence-electron chi connectivity index (χ2n) is 3.95. The molecule has 98 valence electrons. The highest BCUT2D eigenvalue weighted by Gasteiger charge is 2.05. The molecule has 1 heterocycles. The molecule has 0 spiro atoms. The first-order valence-corrected chi connectivity index (χ1v) is 5.74. The molecule has 0 radical (unpaired) electrons. The van der Waals surface area contributed by atoms with Crippen molar-refractivity contribution in [1.82, 2.24) is 9.78 Å². The van der Waals surface area contributed by atoms with Gasteiger partial charge in [-0.3, -0.25) is 4.68 Å². The van der Waals surface area contributed by atoms with Gasteiger partial charge in [0.2, 0.25) is 0 Å². The van der Waals surface area contributed by atoms with Crippen LogP contribution in [0, 0.1) is 0 Å². The fourth-order valence-corrected chi connectivity index (χ4v) is 1.76. The summed E-state index contributed by atoms with van der Waals surface area (Å²) >= 11 is 0. The average Bonchev–Trinajstić information content (AvgIpc) is 2.89. The van der Waals surface area contributed by atoms with Crippen molar-refractivity contribution in [3.05, 3.63) is 53.9 Å². The Morgan fingerprint density at radius 2 is 2.37 bits per heavy atom. The molecule has 0 atom stereocenters. The number of ether oxygens (including phenoxy) is 1. The van der Waals surface area contributed by atoms with E-state index < -0.39 is 5.97 Å². The Hall–Kier alpha value is -2.56. The van der Waals surface area contributed by atoms with Crippen LogP contribution < -0.4 is 4.74 Å². The van der Waals surface area contributed by atoms with Crippen molar-refractivity contribution in [2.24, 2.45) is 0 Å². The van der Waals surface area contributed by atoms with Crippen molar-refractivity contribution in [1.29, 1.82) is 0 Å². The molecule has 1 N–H and O–H groups in total. The minimum atomic E-state index is -0.968. The van der Waals surface area contributed by atoms with E-state index in [1.807, 2.05) is 30.5 Å². The van der Waals surface area contributed by atoms with Crippen LogP contribution in [0.3, 0.4) is 0 Å². The molecule has 0 saturated carbocycles. The molecule has 1 aromatic carbocycles. The molecule has 19 heavy (non-hydrogen) atoms. The van der Waals surface area contributed by atoms with E-state index in [-0.39, 0.29) is 0 Å². The van der Waals surface area contributed by atoms with Gasteiger partial charge in [-0.05, 0) is 29.8 Å². The van der Waals surface area contributed by atoms with Gasteiger partial charge >= 0.3 is 5.97 Å². The van der Waals surface area contributed by atoms with Crippen molar-refractivity contribution in [2.45, 2.75) is 6.54 Å². The van der Waals surface area contributed by atoms with Crippen molar-refractivity contribution in [2.75, 3.05) is 7.11 Å². The lowest BCUT2D eigenvalue weighted by molar-refractivity contribution is -0.131. The van der Waals surface area contributed by atoms with Gasteiger partial charge in [0.05, 0.1) is 13.7 Å². The summed E-state index contributed by atoms with van der Waals surface area (Å²) < 4.78 is 7.07. The van der Waals surface area contributed by atoms with Crippen LogP contribution in [0.2, 0.25) is 0 Å². The molecule has 5 nitrogen and oxygen atoms in total. The number of hydrogen-bond acceptors (Lipinski definition) is 3. The number of carboxylic acid groups (broad SMARTS) is 1. The highest BCUT2D eigenvalue weighted by molar-refractivity contribution is 5.85. The van der Waals surface area contributed by atoms with Gasteiger partial charge in [-0.25, -0.2) is 4.79 Å². The molecule has 0 amide bonds. The molecular weight excluding hydrogens is 244 g/mol. The fourth-order valence-electron chi connectivity index (χ4n) is 1.76. The van der Waals surface area contributed by atoms with Crippen LogP contribution >= 0.6 is 0 Å². The summed E-state index contributed by atoms with van der Waals surface area (Å²) in [4.78, 5) is 10.5. The summed E-state index contributed by atoms with van der Waals surface area (Å²) in [5, 5.41) is 12.8. The van der Waals surface area contributed by atoms with Crippen LogP contribution in [0.5, 0.6) is 5.75 Å². The zero-order chi connectivity index (χ0) is 13.7. The second kappa shape index (κ2) is 5.86. The summed E-state index contributed by atoms with van der Waals surface area (Å²) in [6.07, 6.45) is 6.23. The lowest BCUT2D eigenvalue weighted by Gasteiger charge is -2.09. The molecule has 2 aromatic rings. The predicted octanol–water partition coefficient (Wildman–Crippen LogP) is 2.04. The monoisotopic (exact) mass is 258 g/mol. The number of methoxy groups -OCH3 is 1. The first-order chi connectivity index (χ1) is 9.19. The topological polar surface area (TPSA) is 64.3 Å². The Kier molecular flexibility index (Phi) is 3.97. The third kappa shape index (κ3) is 3.45. The highest BCUT2D eigenvalue weighted by Crippen LogP contribution is 2.21. The maximum absolute atomic E-state index is 10.5. The SMILES string of the molecule is COc1ccc(C=CC(=O)O)cc1Cn1cccn1. The Labute approximate surface area is 110 Å². The molecule has 5 heteroatoms. The third-order valence-electron chi connectivity index (χ3n) is 2.61. The van der Waals surface area contributed by atoms with E-state index in [1.165, 1.54) is 0 Å². The number of nitrogens with zero attached hydrogens (tertiary/aromatic N) is 2. The molecule has 0 aliphatic rings. The van der Waals surface area contributed by atoms with Gasteiger partial charge in [0.15, 0.2) is 0 Å². The molecule has 0 unspecified atom stereocenters. The van der Waals surface area contributed by atoms with Crippen molar-refractivity contribution in [3.63, 3.8) is 0 Å². The number of rotatable bonds is 5. The van der Waals surface area contributed by atoms with Crippen LogP contribution in [0.4, 0.5) is 0 Å². The van der Waals surface area contributed by atoms with Crippen molar-refractivity contribution < 1.29 is 14.6 Å². The highest BCUT2D eigenvalue weighted by atomic mass is 16.5. The van der Waals surface area contributed by atoms with Gasteiger partial charge in [0, 0.05) is 24.0 Å². The van der Waals surface area contributed by atoms with Crippen LogP contribution in [0.15, 0.2) is 42.7 Å². The van der Waals surface area contributed by atoms with Gasteiger partial charge in [-0.2, -0.15) is 5.10 Å². The minimum Gasteiger partial charge on any atom is -0.496 e. The van der Waals surface area contributed by atoms with Crippen LogP contribution in [0.25, 0.3) is 6.08 Å². The summed E-state index contributed by atoms with van der Waals surface area (Å²) in [5.41, 5.74) is 1.75. The summed E-state index contributed by atoms with van der Waals surface area (Å²) in [6, 6.07) is 7.37. The van der Waals surface area contributed by atoms with Crippen molar-refractivity contribution in [3.8, 4) is 5.75 Å². The molecule has 0 fully saturated rings. The van der Waals surface area contributed by atoms with Gasteiger partial charge in [0.1, 0.15) is 5.75 Å². The Bertz CT molecular complexity index is 589. The van der Waals surface area contributed by atoms with Gasteiger partial charge in [-0.15, -0.1) is 0 Å². The van der Waals surface area contributed by atoms with Gasteiger partial charge in [0.25, 0.3) is 0 Å². The minimum absolute atomic E-state index is 0.574. The number of carboxylic acids is 1. The quantitative estimate of drug-likeness (QED) is 0.833. The molecule has 2 rings (SSSR count). The molecule has 0 saturated heterocycles. The standard InChI is InChI=1S/C14H14N2O3/c1-19-13-5-3-11(4-6-14(17)18)9-12(13)10-16-8-2-7-15-16/h2-9H,10H2,1H3,(H,17,18). The van der Waals surface area contributed by atoms with Crippen LogP contribution in [-0.4, -0.2) is 28.0 Å².